The Morgan fingerprint density at radius 3 is 2.21 bits per heavy atom. The third-order valence-electron chi connectivity index (χ3n) is 3.03. The first-order chi connectivity index (χ1) is 11.4. The molecular formula is C15H14N2O6S. The number of phenols is 1. The summed E-state index contributed by atoms with van der Waals surface area (Å²) in [6.07, 6.45) is 0. The van der Waals surface area contributed by atoms with Crippen molar-refractivity contribution in [1.29, 1.82) is 0 Å². The molecule has 0 aliphatic carbocycles. The number of amides is 1. The van der Waals surface area contributed by atoms with Crippen LogP contribution < -0.4 is 10.3 Å². The van der Waals surface area contributed by atoms with Crippen LogP contribution >= 0.6 is 0 Å². The molecule has 0 bridgehead atoms. The molecule has 0 heterocycles. The van der Waals surface area contributed by atoms with E-state index < -0.39 is 21.9 Å². The molecule has 0 saturated carbocycles. The Kier molecular flexibility index (Phi) is 5.17. The van der Waals surface area contributed by atoms with Crippen LogP contribution in [0.25, 0.3) is 0 Å². The second-order valence-electron chi connectivity index (χ2n) is 4.56. The third kappa shape index (κ3) is 3.70. The number of carbonyl (C=O) groups excluding carboxylic acids is 2. The first kappa shape index (κ1) is 17.4. The van der Waals surface area contributed by atoms with E-state index in [9.17, 15) is 23.1 Å². The van der Waals surface area contributed by atoms with Gasteiger partial charge in [-0.1, -0.05) is 24.3 Å². The second-order valence-corrected chi connectivity index (χ2v) is 6.22. The summed E-state index contributed by atoms with van der Waals surface area (Å²) < 4.78 is 29.1. The van der Waals surface area contributed by atoms with Crippen LogP contribution in [0.1, 0.15) is 20.7 Å². The van der Waals surface area contributed by atoms with Crippen LogP contribution in [0.4, 0.5) is 0 Å². The highest BCUT2D eigenvalue weighted by Gasteiger charge is 2.23. The van der Waals surface area contributed by atoms with Crippen LogP contribution in [-0.2, 0) is 14.8 Å². The summed E-state index contributed by atoms with van der Waals surface area (Å²) in [7, 11) is -3.10. The number of carbonyl (C=O) groups is 2. The van der Waals surface area contributed by atoms with Crippen LogP contribution in [0, 0.1) is 0 Å². The van der Waals surface area contributed by atoms with E-state index in [0.717, 1.165) is 7.11 Å². The highest BCUT2D eigenvalue weighted by molar-refractivity contribution is 7.89. The van der Waals surface area contributed by atoms with E-state index in [0.29, 0.717) is 0 Å². The Bertz CT molecular complexity index is 879. The molecule has 3 N–H and O–H groups in total. The van der Waals surface area contributed by atoms with Crippen LogP contribution in [0.15, 0.2) is 53.4 Å². The lowest BCUT2D eigenvalue weighted by Gasteiger charge is -2.11. The Morgan fingerprint density at radius 1 is 1.00 bits per heavy atom. The number of hydrogen-bond donors (Lipinski definition) is 3. The largest absolute Gasteiger partial charge is 0.507 e. The minimum Gasteiger partial charge on any atom is -0.507 e. The van der Waals surface area contributed by atoms with Gasteiger partial charge in [0.1, 0.15) is 5.75 Å². The number of hydrazine groups is 1. The van der Waals surface area contributed by atoms with Crippen molar-refractivity contribution in [2.75, 3.05) is 7.11 Å². The highest BCUT2D eigenvalue weighted by Crippen LogP contribution is 2.17. The van der Waals surface area contributed by atoms with Crippen LogP contribution in [-0.4, -0.2) is 32.5 Å². The summed E-state index contributed by atoms with van der Waals surface area (Å²) in [6, 6.07) is 11.0. The summed E-state index contributed by atoms with van der Waals surface area (Å²) in [5, 5.41) is 9.58. The monoisotopic (exact) mass is 350 g/mol. The van der Waals surface area contributed by atoms with Gasteiger partial charge in [0.25, 0.3) is 15.9 Å². The molecule has 8 nitrogen and oxygen atoms in total. The predicted octanol–water partition coefficient (Wildman–Crippen LogP) is 0.802. The van der Waals surface area contributed by atoms with E-state index >= 15 is 0 Å². The normalized spacial score (nSPS) is 10.9. The van der Waals surface area contributed by atoms with Crippen molar-refractivity contribution in [3.63, 3.8) is 0 Å². The third-order valence-corrected chi connectivity index (χ3v) is 4.34. The Hall–Kier alpha value is -2.91. The van der Waals surface area contributed by atoms with E-state index in [4.69, 9.17) is 0 Å². The van der Waals surface area contributed by atoms with E-state index in [2.05, 4.69) is 4.74 Å². The molecule has 0 aliphatic rings. The number of phenolic OH excluding ortho intramolecular Hbond substituents is 1. The molecule has 2 aromatic carbocycles. The summed E-state index contributed by atoms with van der Waals surface area (Å²) in [5.74, 6) is -1.99. The standard InChI is InChI=1S/C15H14N2O6S/c1-23-15(20)11-7-3-5-9-13(11)24(21,22)17-16-14(19)10-6-2-4-8-12(10)18/h2-9,17-18H,1H3,(H,16,19). The number of nitrogens with one attached hydrogen (secondary N) is 2. The number of aromatic hydroxyl groups is 1. The molecule has 0 aromatic heterocycles. The fourth-order valence-corrected chi connectivity index (χ4v) is 2.92. The minimum absolute atomic E-state index is 0.110. The molecule has 24 heavy (non-hydrogen) atoms. The molecular weight excluding hydrogens is 336 g/mol. The number of methoxy groups -OCH3 is 1. The molecule has 126 valence electrons. The maximum absolute atomic E-state index is 12.3. The number of esters is 1. The summed E-state index contributed by atoms with van der Waals surface area (Å²) in [4.78, 5) is 25.1. The molecule has 0 unspecified atom stereocenters. The summed E-state index contributed by atoms with van der Waals surface area (Å²) in [5.41, 5.74) is 1.69. The Balaban J connectivity index is 2.23. The van der Waals surface area contributed by atoms with Gasteiger partial charge in [-0.25, -0.2) is 13.2 Å². The van der Waals surface area contributed by atoms with Crippen molar-refractivity contribution < 1.29 is 27.9 Å². The second kappa shape index (κ2) is 7.11. The van der Waals surface area contributed by atoms with Gasteiger partial charge in [-0.05, 0) is 24.3 Å². The lowest BCUT2D eigenvalue weighted by Crippen LogP contribution is -2.42. The average molecular weight is 350 g/mol. The fraction of sp³-hybridized carbons (Fsp3) is 0.0667. The zero-order valence-corrected chi connectivity index (χ0v) is 13.3. The van der Waals surface area contributed by atoms with Crippen molar-refractivity contribution in [3.8, 4) is 5.75 Å². The van der Waals surface area contributed by atoms with E-state index in [1.54, 1.807) is 0 Å². The number of sulfonamides is 1. The van der Waals surface area contributed by atoms with Crippen LogP contribution in [0.2, 0.25) is 0 Å². The molecule has 0 spiro atoms. The van der Waals surface area contributed by atoms with Crippen molar-refractivity contribution in [2.45, 2.75) is 4.90 Å². The summed E-state index contributed by atoms with van der Waals surface area (Å²) in [6.45, 7) is 0. The van der Waals surface area contributed by atoms with Gasteiger partial charge in [-0.2, -0.15) is 0 Å². The Labute approximate surface area is 138 Å². The zero-order valence-electron chi connectivity index (χ0n) is 12.5. The van der Waals surface area contributed by atoms with Gasteiger partial charge in [-0.15, -0.1) is 4.83 Å². The molecule has 0 aliphatic heterocycles. The summed E-state index contributed by atoms with van der Waals surface area (Å²) >= 11 is 0. The fourth-order valence-electron chi connectivity index (χ4n) is 1.88. The first-order valence-electron chi connectivity index (χ1n) is 6.64. The SMILES string of the molecule is COC(=O)c1ccccc1S(=O)(=O)NNC(=O)c1ccccc1O. The van der Waals surface area contributed by atoms with Crippen LogP contribution in [0.5, 0.6) is 5.75 Å². The molecule has 0 saturated heterocycles. The average Bonchev–Trinajstić information content (AvgIpc) is 2.59. The van der Waals surface area contributed by atoms with Gasteiger partial charge < -0.3 is 9.84 Å². The lowest BCUT2D eigenvalue weighted by atomic mass is 10.2. The number of para-hydroxylation sites is 1. The van der Waals surface area contributed by atoms with Crippen molar-refractivity contribution in [3.05, 3.63) is 59.7 Å². The lowest BCUT2D eigenvalue weighted by molar-refractivity contribution is 0.0596. The zero-order chi connectivity index (χ0) is 17.7. The molecule has 0 fully saturated rings. The van der Waals surface area contributed by atoms with E-state index in [1.165, 1.54) is 48.5 Å². The number of rotatable bonds is 5. The Morgan fingerprint density at radius 2 is 1.58 bits per heavy atom. The number of hydrogen-bond acceptors (Lipinski definition) is 6. The molecule has 9 heteroatoms. The topological polar surface area (TPSA) is 122 Å². The maximum atomic E-state index is 12.3. The van der Waals surface area contributed by atoms with Crippen molar-refractivity contribution in [2.24, 2.45) is 0 Å². The van der Waals surface area contributed by atoms with Gasteiger partial charge >= 0.3 is 5.97 Å². The predicted molar refractivity (Wildman–Crippen MR) is 83.7 cm³/mol. The molecule has 0 atom stereocenters. The van der Waals surface area contributed by atoms with E-state index in [1.807, 2.05) is 10.3 Å². The van der Waals surface area contributed by atoms with Gasteiger partial charge in [0.05, 0.1) is 23.1 Å². The molecule has 2 rings (SSSR count). The van der Waals surface area contributed by atoms with Crippen LogP contribution in [0.3, 0.4) is 0 Å². The number of benzene rings is 2. The molecule has 0 radical (unpaired) electrons. The van der Waals surface area contributed by atoms with Crippen molar-refractivity contribution in [1.82, 2.24) is 10.3 Å². The molecule has 1 amide bonds. The van der Waals surface area contributed by atoms with Gasteiger partial charge in [-0.3, -0.25) is 10.2 Å². The quantitative estimate of drug-likeness (QED) is 0.542. The van der Waals surface area contributed by atoms with Gasteiger partial charge in [0.2, 0.25) is 0 Å². The highest BCUT2D eigenvalue weighted by atomic mass is 32.2. The molecule has 2 aromatic rings. The smallest absolute Gasteiger partial charge is 0.339 e. The maximum Gasteiger partial charge on any atom is 0.339 e. The first-order valence-corrected chi connectivity index (χ1v) is 8.12. The van der Waals surface area contributed by atoms with Crippen molar-refractivity contribution >= 4 is 21.9 Å². The van der Waals surface area contributed by atoms with Gasteiger partial charge in [0, 0.05) is 0 Å². The van der Waals surface area contributed by atoms with Gasteiger partial charge in [0.15, 0.2) is 0 Å². The minimum atomic E-state index is -4.23. The number of ether oxygens (including phenoxy) is 1. The van der Waals surface area contributed by atoms with E-state index in [-0.39, 0.29) is 21.8 Å².